The molecule has 0 aromatic heterocycles. The molecule has 0 saturated heterocycles. The van der Waals surface area contributed by atoms with Crippen LogP contribution in [0.25, 0.3) is 0 Å². The summed E-state index contributed by atoms with van der Waals surface area (Å²) in [7, 11) is 1.79. The zero-order chi connectivity index (χ0) is 14.5. The molecule has 0 saturated carbocycles. The molecule has 0 aliphatic carbocycles. The van der Waals surface area contributed by atoms with Crippen LogP contribution < -0.4 is 5.32 Å². The van der Waals surface area contributed by atoms with Crippen molar-refractivity contribution in [3.63, 3.8) is 0 Å². The Bertz CT molecular complexity index is 430. The van der Waals surface area contributed by atoms with Crippen LogP contribution in [0.4, 0.5) is 5.69 Å². The van der Waals surface area contributed by atoms with Crippen molar-refractivity contribution in [2.75, 3.05) is 25.5 Å². The summed E-state index contributed by atoms with van der Waals surface area (Å²) in [4.78, 5) is 13.0. The van der Waals surface area contributed by atoms with E-state index >= 15 is 0 Å². The summed E-state index contributed by atoms with van der Waals surface area (Å²) < 4.78 is 0. The first-order valence-electron chi connectivity index (χ1n) is 6.50. The van der Waals surface area contributed by atoms with Gasteiger partial charge in [0.1, 0.15) is 0 Å². The third-order valence-electron chi connectivity index (χ3n) is 3.15. The lowest BCUT2D eigenvalue weighted by Crippen LogP contribution is -2.28. The molecule has 106 valence electrons. The van der Waals surface area contributed by atoms with Crippen molar-refractivity contribution in [2.45, 2.75) is 27.3 Å². The average Bonchev–Trinajstić information content (AvgIpc) is 2.37. The Hall–Kier alpha value is -1.55. The van der Waals surface area contributed by atoms with Crippen molar-refractivity contribution in [1.82, 2.24) is 4.90 Å². The molecule has 1 rings (SSSR count). The first kappa shape index (κ1) is 15.5. The van der Waals surface area contributed by atoms with E-state index in [0.29, 0.717) is 13.1 Å². The minimum atomic E-state index is -0.167. The van der Waals surface area contributed by atoms with E-state index in [4.69, 9.17) is 0 Å². The number of aliphatic hydroxyl groups excluding tert-OH is 1. The normalized spacial score (nSPS) is 11.2. The second-order valence-electron chi connectivity index (χ2n) is 5.71. The summed E-state index contributed by atoms with van der Waals surface area (Å²) in [6.07, 6.45) is 0. The zero-order valence-corrected chi connectivity index (χ0v) is 12.2. The average molecular weight is 264 g/mol. The summed E-state index contributed by atoms with van der Waals surface area (Å²) in [6.45, 7) is 6.97. The molecule has 1 aromatic carbocycles. The molecule has 0 fully saturated rings. The lowest BCUT2D eigenvalue weighted by Gasteiger charge is -2.24. The monoisotopic (exact) mass is 264 g/mol. The Labute approximate surface area is 115 Å². The summed E-state index contributed by atoms with van der Waals surface area (Å²) in [5.41, 5.74) is 1.92. The number of anilines is 1. The number of nitrogens with one attached hydrogen (secondary N) is 1. The largest absolute Gasteiger partial charge is 0.396 e. The van der Waals surface area contributed by atoms with Gasteiger partial charge in [0, 0.05) is 44.8 Å². The maximum atomic E-state index is 11.3. The fourth-order valence-corrected chi connectivity index (χ4v) is 1.59. The molecule has 0 spiro atoms. The van der Waals surface area contributed by atoms with Crippen molar-refractivity contribution in [3.05, 3.63) is 29.8 Å². The zero-order valence-electron chi connectivity index (χ0n) is 12.2. The van der Waals surface area contributed by atoms with Crippen LogP contribution in [0.5, 0.6) is 0 Å². The minimum absolute atomic E-state index is 0.0468. The maximum Gasteiger partial charge on any atom is 0.219 e. The summed E-state index contributed by atoms with van der Waals surface area (Å²) in [6, 6.07) is 7.93. The molecule has 4 heteroatoms. The van der Waals surface area contributed by atoms with E-state index in [9.17, 15) is 9.90 Å². The van der Waals surface area contributed by atoms with E-state index < -0.39 is 0 Å². The van der Waals surface area contributed by atoms with Gasteiger partial charge in [-0.2, -0.15) is 0 Å². The van der Waals surface area contributed by atoms with Gasteiger partial charge in [-0.25, -0.2) is 0 Å². The highest BCUT2D eigenvalue weighted by molar-refractivity contribution is 5.73. The van der Waals surface area contributed by atoms with Gasteiger partial charge in [-0.05, 0) is 11.6 Å². The van der Waals surface area contributed by atoms with Gasteiger partial charge in [0.2, 0.25) is 5.91 Å². The van der Waals surface area contributed by atoms with Crippen LogP contribution in [0, 0.1) is 5.41 Å². The van der Waals surface area contributed by atoms with Gasteiger partial charge in [-0.15, -0.1) is 0 Å². The molecule has 0 atom stereocenters. The fourth-order valence-electron chi connectivity index (χ4n) is 1.59. The van der Waals surface area contributed by atoms with Crippen molar-refractivity contribution in [3.8, 4) is 0 Å². The van der Waals surface area contributed by atoms with Gasteiger partial charge >= 0.3 is 0 Å². The van der Waals surface area contributed by atoms with E-state index in [-0.39, 0.29) is 17.9 Å². The Morgan fingerprint density at radius 2 is 2.00 bits per heavy atom. The number of para-hydroxylation sites is 1. The number of rotatable bonds is 6. The van der Waals surface area contributed by atoms with Crippen LogP contribution in [0.1, 0.15) is 26.3 Å². The standard InChI is InChI=1S/C15H24N2O2/c1-12(19)17(4)9-13-7-5-6-8-14(13)16-10-15(2,3)11-18/h5-8,16,18H,9-11H2,1-4H3. The van der Waals surface area contributed by atoms with Gasteiger partial charge in [0.25, 0.3) is 0 Å². The SMILES string of the molecule is CC(=O)N(C)Cc1ccccc1NCC(C)(C)CO. The van der Waals surface area contributed by atoms with Crippen LogP contribution in [-0.2, 0) is 11.3 Å². The fraction of sp³-hybridized carbons (Fsp3) is 0.533. The number of benzene rings is 1. The topological polar surface area (TPSA) is 52.6 Å². The molecule has 2 N–H and O–H groups in total. The Balaban J connectivity index is 2.76. The third-order valence-corrected chi connectivity index (χ3v) is 3.15. The predicted octanol–water partition coefficient (Wildman–Crippen LogP) is 2.10. The lowest BCUT2D eigenvalue weighted by atomic mass is 9.95. The molecule has 0 radical (unpaired) electrons. The number of aliphatic hydroxyl groups is 1. The van der Waals surface area contributed by atoms with Gasteiger partial charge in [0.15, 0.2) is 0 Å². The number of hydrogen-bond donors (Lipinski definition) is 2. The minimum Gasteiger partial charge on any atom is -0.396 e. The smallest absolute Gasteiger partial charge is 0.219 e. The van der Waals surface area contributed by atoms with Crippen molar-refractivity contribution in [1.29, 1.82) is 0 Å². The highest BCUT2D eigenvalue weighted by Crippen LogP contribution is 2.20. The van der Waals surface area contributed by atoms with Crippen LogP contribution in [-0.4, -0.2) is 36.1 Å². The van der Waals surface area contributed by atoms with E-state index in [0.717, 1.165) is 11.3 Å². The van der Waals surface area contributed by atoms with Gasteiger partial charge in [0.05, 0.1) is 0 Å². The van der Waals surface area contributed by atoms with E-state index in [1.54, 1.807) is 18.9 Å². The molecule has 0 bridgehead atoms. The second kappa shape index (κ2) is 6.57. The molecule has 19 heavy (non-hydrogen) atoms. The molecular formula is C15H24N2O2. The van der Waals surface area contributed by atoms with Crippen molar-refractivity contribution < 1.29 is 9.90 Å². The molecule has 0 heterocycles. The number of amides is 1. The molecule has 1 amide bonds. The number of nitrogens with zero attached hydrogens (tertiary/aromatic N) is 1. The van der Waals surface area contributed by atoms with Crippen LogP contribution in [0.3, 0.4) is 0 Å². The quantitative estimate of drug-likeness (QED) is 0.827. The molecule has 4 nitrogen and oxygen atoms in total. The highest BCUT2D eigenvalue weighted by Gasteiger charge is 2.16. The molecule has 0 aliphatic rings. The molecule has 0 aliphatic heterocycles. The third kappa shape index (κ3) is 4.91. The molecular weight excluding hydrogens is 240 g/mol. The predicted molar refractivity (Wildman–Crippen MR) is 77.9 cm³/mol. The Morgan fingerprint density at radius 3 is 2.58 bits per heavy atom. The molecule has 1 aromatic rings. The summed E-state index contributed by atoms with van der Waals surface area (Å²) in [5.74, 6) is 0.0468. The van der Waals surface area contributed by atoms with E-state index in [1.807, 2.05) is 38.1 Å². The van der Waals surface area contributed by atoms with Crippen LogP contribution in [0.15, 0.2) is 24.3 Å². The van der Waals surface area contributed by atoms with Crippen molar-refractivity contribution >= 4 is 11.6 Å². The first-order chi connectivity index (χ1) is 8.85. The van der Waals surface area contributed by atoms with Gasteiger partial charge in [-0.1, -0.05) is 32.0 Å². The van der Waals surface area contributed by atoms with Gasteiger partial charge in [-0.3, -0.25) is 4.79 Å². The van der Waals surface area contributed by atoms with Gasteiger partial charge < -0.3 is 15.3 Å². The summed E-state index contributed by atoms with van der Waals surface area (Å²) >= 11 is 0. The molecule has 0 unspecified atom stereocenters. The number of carbonyl (C=O) groups is 1. The van der Waals surface area contributed by atoms with E-state index in [1.165, 1.54) is 0 Å². The Kier molecular flexibility index (Phi) is 5.36. The first-order valence-corrected chi connectivity index (χ1v) is 6.50. The highest BCUT2D eigenvalue weighted by atomic mass is 16.3. The summed E-state index contributed by atoms with van der Waals surface area (Å²) in [5, 5.41) is 12.6. The van der Waals surface area contributed by atoms with Crippen LogP contribution >= 0.6 is 0 Å². The maximum absolute atomic E-state index is 11.3. The van der Waals surface area contributed by atoms with Crippen LogP contribution in [0.2, 0.25) is 0 Å². The lowest BCUT2D eigenvalue weighted by molar-refractivity contribution is -0.128. The second-order valence-corrected chi connectivity index (χ2v) is 5.71. The number of hydrogen-bond acceptors (Lipinski definition) is 3. The Morgan fingerprint density at radius 1 is 1.37 bits per heavy atom. The number of carbonyl (C=O) groups excluding carboxylic acids is 1. The van der Waals surface area contributed by atoms with E-state index in [2.05, 4.69) is 5.32 Å². The van der Waals surface area contributed by atoms with Crippen molar-refractivity contribution in [2.24, 2.45) is 5.41 Å².